The third-order valence-electron chi connectivity index (χ3n) is 5.44. The van der Waals surface area contributed by atoms with Gasteiger partial charge in [0.05, 0.1) is 5.41 Å². The van der Waals surface area contributed by atoms with Crippen LogP contribution in [-0.4, -0.2) is 23.5 Å². The Morgan fingerprint density at radius 3 is 2.15 bits per heavy atom. The molecular weight excluding hydrogens is 326 g/mol. The largest absolute Gasteiger partial charge is 0.481 e. The van der Waals surface area contributed by atoms with Crippen LogP contribution in [0.5, 0.6) is 0 Å². The Labute approximate surface area is 154 Å². The predicted octanol–water partition coefficient (Wildman–Crippen LogP) is 3.49. The third-order valence-corrected chi connectivity index (χ3v) is 5.44. The molecule has 1 fully saturated rings. The van der Waals surface area contributed by atoms with Gasteiger partial charge in [0.2, 0.25) is 5.91 Å². The van der Waals surface area contributed by atoms with Gasteiger partial charge in [-0.15, -0.1) is 0 Å². The summed E-state index contributed by atoms with van der Waals surface area (Å²) in [5.74, 6) is -1.02. The summed E-state index contributed by atoms with van der Waals surface area (Å²) in [6.07, 6.45) is 1.60. The van der Waals surface area contributed by atoms with E-state index in [1.165, 1.54) is 0 Å². The summed E-state index contributed by atoms with van der Waals surface area (Å²) in [5, 5.41) is 12.7. The number of hydrogen-bond acceptors (Lipinski definition) is 2. The van der Waals surface area contributed by atoms with Gasteiger partial charge < -0.3 is 10.4 Å². The first-order chi connectivity index (χ1) is 12.3. The van der Waals surface area contributed by atoms with Crippen LogP contribution >= 0.6 is 0 Å². The molecule has 2 N–H and O–H groups in total. The smallest absolute Gasteiger partial charge is 0.315 e. The van der Waals surface area contributed by atoms with Crippen molar-refractivity contribution in [1.29, 1.82) is 0 Å². The molecule has 0 aliphatic heterocycles. The van der Waals surface area contributed by atoms with Gasteiger partial charge in [-0.25, -0.2) is 0 Å². The first-order valence-electron chi connectivity index (χ1n) is 8.94. The topological polar surface area (TPSA) is 66.4 Å². The van der Waals surface area contributed by atoms with E-state index in [-0.39, 0.29) is 12.5 Å². The van der Waals surface area contributed by atoms with Gasteiger partial charge in [0.1, 0.15) is 5.41 Å². The lowest BCUT2D eigenvalue weighted by atomic mass is 9.82. The lowest BCUT2D eigenvalue weighted by molar-refractivity contribution is -0.143. The highest BCUT2D eigenvalue weighted by Crippen LogP contribution is 2.49. The van der Waals surface area contributed by atoms with Crippen LogP contribution in [0.1, 0.15) is 42.0 Å². The number of aliphatic carboxylic acids is 1. The molecule has 26 heavy (non-hydrogen) atoms. The van der Waals surface area contributed by atoms with Crippen molar-refractivity contribution in [2.75, 3.05) is 6.54 Å². The van der Waals surface area contributed by atoms with Crippen molar-refractivity contribution in [2.45, 2.75) is 44.4 Å². The van der Waals surface area contributed by atoms with E-state index in [1.54, 1.807) is 19.1 Å². The van der Waals surface area contributed by atoms with Crippen LogP contribution < -0.4 is 5.32 Å². The van der Waals surface area contributed by atoms with E-state index >= 15 is 0 Å². The average molecular weight is 351 g/mol. The van der Waals surface area contributed by atoms with Gasteiger partial charge in [-0.2, -0.15) is 0 Å². The van der Waals surface area contributed by atoms with E-state index in [4.69, 9.17) is 0 Å². The van der Waals surface area contributed by atoms with Crippen molar-refractivity contribution in [3.8, 4) is 0 Å². The number of carbonyl (C=O) groups is 2. The summed E-state index contributed by atoms with van der Waals surface area (Å²) in [5.41, 5.74) is 2.33. The molecule has 2 aromatic rings. The van der Waals surface area contributed by atoms with Crippen LogP contribution in [0.4, 0.5) is 0 Å². The SMILES string of the molecule is Cc1cc(C)cc(C2(C(=O)NCC(C)(C(=O)O)c3ccccc3)CC2)c1. The fraction of sp³-hybridized carbons (Fsp3) is 0.364. The average Bonchev–Trinajstić information content (AvgIpc) is 3.41. The summed E-state index contributed by atoms with van der Waals surface area (Å²) in [6, 6.07) is 15.3. The van der Waals surface area contributed by atoms with Gasteiger partial charge in [0.15, 0.2) is 0 Å². The predicted molar refractivity (Wildman–Crippen MR) is 101 cm³/mol. The zero-order chi connectivity index (χ0) is 18.9. The number of aryl methyl sites for hydroxylation is 2. The number of hydrogen-bond donors (Lipinski definition) is 2. The van der Waals surface area contributed by atoms with Crippen LogP contribution in [0.2, 0.25) is 0 Å². The Bertz CT molecular complexity index is 819. The molecule has 1 amide bonds. The van der Waals surface area contributed by atoms with Crippen LogP contribution in [0.15, 0.2) is 48.5 Å². The van der Waals surface area contributed by atoms with Gasteiger partial charge in [0, 0.05) is 6.54 Å². The van der Waals surface area contributed by atoms with E-state index in [1.807, 2.05) is 32.0 Å². The molecule has 3 rings (SSSR count). The summed E-state index contributed by atoms with van der Waals surface area (Å²) in [6.45, 7) is 5.78. The Balaban J connectivity index is 1.80. The number of rotatable bonds is 6. The van der Waals surface area contributed by atoms with Crippen LogP contribution in [-0.2, 0) is 20.4 Å². The van der Waals surface area contributed by atoms with Crippen molar-refractivity contribution in [3.05, 3.63) is 70.8 Å². The number of carbonyl (C=O) groups excluding carboxylic acids is 1. The number of nitrogens with one attached hydrogen (secondary N) is 1. The molecule has 0 saturated heterocycles. The molecule has 1 aliphatic carbocycles. The summed E-state index contributed by atoms with van der Waals surface area (Å²) >= 11 is 0. The Hall–Kier alpha value is -2.62. The molecule has 0 spiro atoms. The molecule has 1 saturated carbocycles. The molecule has 2 aromatic carbocycles. The molecule has 1 atom stereocenters. The summed E-state index contributed by atoms with van der Waals surface area (Å²) in [7, 11) is 0. The first kappa shape index (κ1) is 18.2. The molecule has 0 radical (unpaired) electrons. The van der Waals surface area contributed by atoms with E-state index in [9.17, 15) is 14.7 Å². The summed E-state index contributed by atoms with van der Waals surface area (Å²) in [4.78, 5) is 24.9. The Kier molecular flexibility index (Phi) is 4.61. The van der Waals surface area contributed by atoms with Gasteiger partial charge >= 0.3 is 5.97 Å². The molecular formula is C22H25NO3. The van der Waals surface area contributed by atoms with E-state index in [0.29, 0.717) is 5.56 Å². The van der Waals surface area contributed by atoms with Gasteiger partial charge in [0.25, 0.3) is 0 Å². The maximum absolute atomic E-state index is 12.9. The molecule has 1 aliphatic rings. The highest BCUT2D eigenvalue weighted by atomic mass is 16.4. The molecule has 0 bridgehead atoms. The second kappa shape index (κ2) is 6.60. The van der Waals surface area contributed by atoms with Crippen LogP contribution in [0.25, 0.3) is 0 Å². The van der Waals surface area contributed by atoms with Crippen LogP contribution in [0.3, 0.4) is 0 Å². The normalized spacial score (nSPS) is 17.2. The molecule has 0 heterocycles. The maximum Gasteiger partial charge on any atom is 0.315 e. The lowest BCUT2D eigenvalue weighted by Crippen LogP contribution is -2.47. The van der Waals surface area contributed by atoms with Gasteiger partial charge in [-0.1, -0.05) is 59.7 Å². The number of amides is 1. The second-order valence-corrected chi connectivity index (χ2v) is 7.64. The third kappa shape index (κ3) is 3.24. The zero-order valence-electron chi connectivity index (χ0n) is 15.5. The van der Waals surface area contributed by atoms with Crippen molar-refractivity contribution >= 4 is 11.9 Å². The summed E-state index contributed by atoms with van der Waals surface area (Å²) < 4.78 is 0. The minimum absolute atomic E-state index is 0.0672. The Morgan fingerprint density at radius 2 is 1.65 bits per heavy atom. The van der Waals surface area contributed by atoms with Gasteiger partial charge in [-0.3, -0.25) is 9.59 Å². The van der Waals surface area contributed by atoms with Crippen molar-refractivity contribution in [3.63, 3.8) is 0 Å². The Morgan fingerprint density at radius 1 is 1.08 bits per heavy atom. The minimum Gasteiger partial charge on any atom is -0.481 e. The molecule has 136 valence electrons. The zero-order valence-corrected chi connectivity index (χ0v) is 15.5. The fourth-order valence-electron chi connectivity index (χ4n) is 3.56. The second-order valence-electron chi connectivity index (χ2n) is 7.64. The minimum atomic E-state index is -1.16. The van der Waals surface area contributed by atoms with Crippen molar-refractivity contribution in [2.24, 2.45) is 0 Å². The first-order valence-corrected chi connectivity index (χ1v) is 8.94. The number of carboxylic acid groups (broad SMARTS) is 1. The van der Waals surface area contributed by atoms with E-state index < -0.39 is 16.8 Å². The fourth-order valence-corrected chi connectivity index (χ4v) is 3.56. The molecule has 1 unspecified atom stereocenters. The van der Waals surface area contributed by atoms with Crippen LogP contribution in [0, 0.1) is 13.8 Å². The van der Waals surface area contributed by atoms with Gasteiger partial charge in [-0.05, 0) is 44.7 Å². The van der Waals surface area contributed by atoms with Crippen molar-refractivity contribution in [1.82, 2.24) is 5.32 Å². The standard InChI is InChI=1S/C22H25NO3/c1-15-11-16(2)13-18(12-15)22(9-10-22)19(24)23-14-21(3,20(25)26)17-7-5-4-6-8-17/h4-8,11-13H,9-10,14H2,1-3H3,(H,23,24)(H,25,26). The number of benzene rings is 2. The highest BCUT2D eigenvalue weighted by Gasteiger charge is 2.52. The van der Waals surface area contributed by atoms with E-state index in [0.717, 1.165) is 29.5 Å². The monoisotopic (exact) mass is 351 g/mol. The lowest BCUT2D eigenvalue weighted by Gasteiger charge is -2.27. The maximum atomic E-state index is 12.9. The van der Waals surface area contributed by atoms with Crippen molar-refractivity contribution < 1.29 is 14.7 Å². The highest BCUT2D eigenvalue weighted by molar-refractivity contribution is 5.92. The molecule has 4 heteroatoms. The number of carboxylic acids is 1. The van der Waals surface area contributed by atoms with E-state index in [2.05, 4.69) is 23.5 Å². The molecule has 0 aromatic heterocycles. The molecule has 4 nitrogen and oxygen atoms in total. The quantitative estimate of drug-likeness (QED) is 0.837.